The van der Waals surface area contributed by atoms with Gasteiger partial charge in [-0.15, -0.1) is 11.3 Å². The summed E-state index contributed by atoms with van der Waals surface area (Å²) in [6.45, 7) is 8.19. The van der Waals surface area contributed by atoms with Gasteiger partial charge in [-0.2, -0.15) is 4.98 Å². The number of thiazole rings is 1. The van der Waals surface area contributed by atoms with Crippen molar-refractivity contribution < 1.29 is 4.52 Å². The van der Waals surface area contributed by atoms with E-state index in [0.29, 0.717) is 18.1 Å². The third kappa shape index (κ3) is 3.05. The summed E-state index contributed by atoms with van der Waals surface area (Å²) in [4.78, 5) is 11.3. The van der Waals surface area contributed by atoms with Gasteiger partial charge in [0.15, 0.2) is 5.82 Å². The molecule has 1 saturated heterocycles. The Kier molecular flexibility index (Phi) is 4.09. The van der Waals surface area contributed by atoms with Crippen molar-refractivity contribution in [3.8, 4) is 0 Å². The highest BCUT2D eigenvalue weighted by molar-refractivity contribution is 7.09. The van der Waals surface area contributed by atoms with Crippen molar-refractivity contribution in [2.45, 2.75) is 26.3 Å². The van der Waals surface area contributed by atoms with Crippen LogP contribution in [0.1, 0.15) is 35.4 Å². The largest absolute Gasteiger partial charge is 0.338 e. The lowest BCUT2D eigenvalue weighted by Gasteiger charge is -2.30. The Morgan fingerprint density at radius 1 is 1.40 bits per heavy atom. The maximum atomic E-state index is 5.41. The summed E-state index contributed by atoms with van der Waals surface area (Å²) in [7, 11) is 0. The van der Waals surface area contributed by atoms with Gasteiger partial charge in [0.2, 0.25) is 5.89 Å². The standard InChI is InChI=1S/C13H19N5OS/c1-9(18-5-3-14-4-6-18)13-16-12(17-19-13)7-11-8-20-10(2)15-11/h8-9,14H,3-7H2,1-2H3. The van der Waals surface area contributed by atoms with Crippen molar-refractivity contribution in [3.05, 3.63) is 27.8 Å². The summed E-state index contributed by atoms with van der Waals surface area (Å²) < 4.78 is 5.41. The minimum atomic E-state index is 0.176. The van der Waals surface area contributed by atoms with Crippen molar-refractivity contribution in [3.63, 3.8) is 0 Å². The first-order valence-corrected chi connectivity index (χ1v) is 7.78. The molecule has 2 aromatic rings. The lowest BCUT2D eigenvalue weighted by atomic mass is 10.2. The molecule has 1 N–H and O–H groups in total. The van der Waals surface area contributed by atoms with Crippen molar-refractivity contribution >= 4 is 11.3 Å². The highest BCUT2D eigenvalue weighted by atomic mass is 32.1. The number of hydrogen-bond acceptors (Lipinski definition) is 7. The average molecular weight is 293 g/mol. The zero-order valence-corrected chi connectivity index (χ0v) is 12.6. The van der Waals surface area contributed by atoms with Crippen LogP contribution in [0.15, 0.2) is 9.90 Å². The zero-order valence-electron chi connectivity index (χ0n) is 11.8. The first-order chi connectivity index (χ1) is 9.72. The fourth-order valence-corrected chi connectivity index (χ4v) is 3.00. The molecule has 2 aromatic heterocycles. The van der Waals surface area contributed by atoms with Gasteiger partial charge in [0.25, 0.3) is 0 Å². The number of nitrogens with one attached hydrogen (secondary N) is 1. The summed E-state index contributed by atoms with van der Waals surface area (Å²) in [6.07, 6.45) is 0.641. The van der Waals surface area contributed by atoms with Crippen LogP contribution in [-0.2, 0) is 6.42 Å². The fraction of sp³-hybridized carbons (Fsp3) is 0.615. The third-order valence-electron chi connectivity index (χ3n) is 3.55. The third-order valence-corrected chi connectivity index (χ3v) is 4.37. The summed E-state index contributed by atoms with van der Waals surface area (Å²) in [5.74, 6) is 1.42. The molecule has 0 bridgehead atoms. The highest BCUT2D eigenvalue weighted by Crippen LogP contribution is 2.19. The Hall–Kier alpha value is -1.31. The Morgan fingerprint density at radius 2 is 2.20 bits per heavy atom. The molecular weight excluding hydrogens is 274 g/mol. The number of hydrogen-bond donors (Lipinski definition) is 1. The molecule has 0 aromatic carbocycles. The van der Waals surface area contributed by atoms with Crippen LogP contribution in [0.4, 0.5) is 0 Å². The van der Waals surface area contributed by atoms with E-state index in [1.807, 2.05) is 12.3 Å². The monoisotopic (exact) mass is 293 g/mol. The van der Waals surface area contributed by atoms with E-state index >= 15 is 0 Å². The lowest BCUT2D eigenvalue weighted by Crippen LogP contribution is -2.44. The molecule has 20 heavy (non-hydrogen) atoms. The van der Waals surface area contributed by atoms with Gasteiger partial charge in [-0.25, -0.2) is 4.98 Å². The predicted molar refractivity (Wildman–Crippen MR) is 76.8 cm³/mol. The van der Waals surface area contributed by atoms with Crippen LogP contribution in [0.3, 0.4) is 0 Å². The van der Waals surface area contributed by atoms with E-state index in [2.05, 4.69) is 32.3 Å². The van der Waals surface area contributed by atoms with Gasteiger partial charge in [-0.1, -0.05) is 5.16 Å². The second kappa shape index (κ2) is 5.99. The molecule has 3 rings (SSSR count). The van der Waals surface area contributed by atoms with E-state index in [1.54, 1.807) is 11.3 Å². The van der Waals surface area contributed by atoms with Crippen molar-refractivity contribution in [1.29, 1.82) is 0 Å². The fourth-order valence-electron chi connectivity index (χ4n) is 2.39. The normalized spacial score (nSPS) is 18.3. The molecule has 1 atom stereocenters. The van der Waals surface area contributed by atoms with E-state index in [-0.39, 0.29) is 6.04 Å². The maximum Gasteiger partial charge on any atom is 0.243 e. The number of aromatic nitrogens is 3. The molecule has 0 aliphatic carbocycles. The summed E-state index contributed by atoms with van der Waals surface area (Å²) in [5, 5.41) is 10.5. The van der Waals surface area contributed by atoms with E-state index in [4.69, 9.17) is 4.52 Å². The minimum Gasteiger partial charge on any atom is -0.338 e. The van der Waals surface area contributed by atoms with Crippen LogP contribution >= 0.6 is 11.3 Å². The molecule has 1 aliphatic rings. The van der Waals surface area contributed by atoms with Gasteiger partial charge in [0.05, 0.1) is 23.2 Å². The number of aryl methyl sites for hydroxylation is 1. The summed E-state index contributed by atoms with van der Waals surface area (Å²) >= 11 is 1.65. The second-order valence-electron chi connectivity index (χ2n) is 5.05. The second-order valence-corrected chi connectivity index (χ2v) is 6.11. The average Bonchev–Trinajstić information content (AvgIpc) is 3.09. The van der Waals surface area contributed by atoms with E-state index < -0.39 is 0 Å². The first-order valence-electron chi connectivity index (χ1n) is 6.90. The van der Waals surface area contributed by atoms with Crippen molar-refractivity contribution in [2.75, 3.05) is 26.2 Å². The Labute approximate surface area is 122 Å². The van der Waals surface area contributed by atoms with Gasteiger partial charge in [0, 0.05) is 31.6 Å². The van der Waals surface area contributed by atoms with Crippen LogP contribution in [0.5, 0.6) is 0 Å². The van der Waals surface area contributed by atoms with Gasteiger partial charge in [-0.3, -0.25) is 4.90 Å². The quantitative estimate of drug-likeness (QED) is 0.919. The molecule has 0 radical (unpaired) electrons. The molecule has 6 nitrogen and oxygen atoms in total. The van der Waals surface area contributed by atoms with Crippen LogP contribution in [0.25, 0.3) is 0 Å². The molecule has 1 fully saturated rings. The summed E-state index contributed by atoms with van der Waals surface area (Å²) in [5.41, 5.74) is 1.01. The van der Waals surface area contributed by atoms with Gasteiger partial charge in [0.1, 0.15) is 0 Å². The molecule has 0 saturated carbocycles. The SMILES string of the molecule is Cc1nc(Cc2noc(C(C)N3CCNCC3)n2)cs1. The topological polar surface area (TPSA) is 67.1 Å². The molecule has 108 valence electrons. The van der Waals surface area contributed by atoms with Crippen molar-refractivity contribution in [2.24, 2.45) is 0 Å². The summed E-state index contributed by atoms with van der Waals surface area (Å²) in [6, 6.07) is 0.176. The Morgan fingerprint density at radius 3 is 2.90 bits per heavy atom. The number of piperazine rings is 1. The molecule has 0 amide bonds. The van der Waals surface area contributed by atoms with E-state index in [9.17, 15) is 0 Å². The molecule has 1 aliphatic heterocycles. The number of nitrogens with zero attached hydrogens (tertiary/aromatic N) is 4. The first kappa shape index (κ1) is 13.7. The van der Waals surface area contributed by atoms with Crippen LogP contribution < -0.4 is 5.32 Å². The van der Waals surface area contributed by atoms with E-state index in [0.717, 1.165) is 36.9 Å². The Balaban J connectivity index is 1.66. The van der Waals surface area contributed by atoms with Gasteiger partial charge in [-0.05, 0) is 13.8 Å². The van der Waals surface area contributed by atoms with Crippen LogP contribution in [0, 0.1) is 6.92 Å². The molecule has 3 heterocycles. The Bertz CT molecular complexity index is 561. The molecule has 0 spiro atoms. The number of rotatable bonds is 4. The van der Waals surface area contributed by atoms with Gasteiger partial charge >= 0.3 is 0 Å². The molecule has 1 unspecified atom stereocenters. The maximum absolute atomic E-state index is 5.41. The van der Waals surface area contributed by atoms with Crippen molar-refractivity contribution in [1.82, 2.24) is 25.3 Å². The minimum absolute atomic E-state index is 0.176. The van der Waals surface area contributed by atoms with Crippen LogP contribution in [0.2, 0.25) is 0 Å². The smallest absolute Gasteiger partial charge is 0.243 e. The zero-order chi connectivity index (χ0) is 13.9. The molecule has 7 heteroatoms. The highest BCUT2D eigenvalue weighted by Gasteiger charge is 2.23. The van der Waals surface area contributed by atoms with Gasteiger partial charge < -0.3 is 9.84 Å². The predicted octanol–water partition coefficient (Wildman–Crippen LogP) is 1.39. The molecular formula is C13H19N5OS. The van der Waals surface area contributed by atoms with E-state index in [1.165, 1.54) is 0 Å². The van der Waals surface area contributed by atoms with Crippen LogP contribution in [-0.4, -0.2) is 46.2 Å². The lowest BCUT2D eigenvalue weighted by molar-refractivity contribution is 0.154.